The van der Waals surface area contributed by atoms with E-state index in [0.29, 0.717) is 23.4 Å². The lowest BCUT2D eigenvalue weighted by molar-refractivity contribution is -0.123. The zero-order valence-electron chi connectivity index (χ0n) is 19.1. The van der Waals surface area contributed by atoms with E-state index in [4.69, 9.17) is 26.8 Å². The Labute approximate surface area is 201 Å². The van der Waals surface area contributed by atoms with Crippen molar-refractivity contribution in [1.29, 1.82) is 0 Å². The van der Waals surface area contributed by atoms with Crippen molar-refractivity contribution < 1.29 is 19.4 Å². The maximum atomic E-state index is 12.8. The fraction of sp³-hybridized carbons (Fsp3) is 0.455. The number of rotatable bonds is 8. The van der Waals surface area contributed by atoms with Crippen molar-refractivity contribution in [2.75, 3.05) is 32.0 Å². The molecule has 4 rings (SSSR count). The normalized spacial score (nSPS) is 23.1. The van der Waals surface area contributed by atoms with Crippen molar-refractivity contribution in [3.63, 3.8) is 0 Å². The zero-order valence-corrected chi connectivity index (χ0v) is 19.9. The number of benzene rings is 1. The maximum absolute atomic E-state index is 12.8. The van der Waals surface area contributed by atoms with E-state index in [-0.39, 0.29) is 5.88 Å². The molecule has 3 heterocycles. The Kier molecular flexibility index (Phi) is 7.17. The lowest BCUT2D eigenvalue weighted by Crippen LogP contribution is -2.53. The average Bonchev–Trinajstić information content (AvgIpc) is 3.40. The number of fused-ring (bicyclic) bond motifs is 1. The third kappa shape index (κ3) is 4.64. The number of aromatic nitrogens is 4. The molecule has 0 saturated carbocycles. The minimum atomic E-state index is -1.10. The van der Waals surface area contributed by atoms with E-state index in [1.165, 1.54) is 12.7 Å². The van der Waals surface area contributed by atoms with Crippen LogP contribution in [0.3, 0.4) is 0 Å². The highest BCUT2D eigenvalue weighted by Crippen LogP contribution is 2.33. The van der Waals surface area contributed by atoms with Gasteiger partial charge in [-0.05, 0) is 24.1 Å². The molecular formula is C22H28ClN7O4. The highest BCUT2D eigenvalue weighted by atomic mass is 35.5. The van der Waals surface area contributed by atoms with Crippen molar-refractivity contribution in [3.8, 4) is 5.75 Å². The van der Waals surface area contributed by atoms with Gasteiger partial charge in [0.15, 0.2) is 23.2 Å². The lowest BCUT2D eigenvalue weighted by Gasteiger charge is -2.23. The summed E-state index contributed by atoms with van der Waals surface area (Å²) in [4.78, 5) is 27.6. The van der Waals surface area contributed by atoms with E-state index >= 15 is 0 Å². The Bertz CT molecular complexity index is 1140. The molecule has 3 aromatic rings. The first-order valence-electron chi connectivity index (χ1n) is 10.8. The van der Waals surface area contributed by atoms with Gasteiger partial charge in [0.1, 0.15) is 18.2 Å². The summed E-state index contributed by atoms with van der Waals surface area (Å²) in [6, 6.07) is 5.74. The number of carbonyl (C=O) groups excluding carboxylic acids is 1. The van der Waals surface area contributed by atoms with E-state index < -0.39 is 36.4 Å². The molecule has 0 spiro atoms. The topological polar surface area (TPSA) is 141 Å². The minimum absolute atomic E-state index is 0.0663. The van der Waals surface area contributed by atoms with Crippen LogP contribution >= 0.6 is 11.6 Å². The number of imidazole rings is 1. The highest BCUT2D eigenvalue weighted by molar-refractivity contribution is 6.18. The number of aliphatic hydroxyl groups excluding tert-OH is 1. The van der Waals surface area contributed by atoms with Gasteiger partial charge in [0.2, 0.25) is 5.91 Å². The third-order valence-electron chi connectivity index (χ3n) is 5.82. The van der Waals surface area contributed by atoms with E-state index in [1.807, 2.05) is 43.3 Å². The molecule has 1 aliphatic heterocycles. The molecule has 0 radical (unpaired) electrons. The van der Waals surface area contributed by atoms with Crippen LogP contribution in [0.25, 0.3) is 11.2 Å². The van der Waals surface area contributed by atoms with Crippen LogP contribution in [0.2, 0.25) is 0 Å². The molecule has 0 bridgehead atoms. The smallest absolute Gasteiger partial charge is 0.237 e. The fourth-order valence-electron chi connectivity index (χ4n) is 4.01. The van der Waals surface area contributed by atoms with Gasteiger partial charge in [-0.3, -0.25) is 9.36 Å². The Hall–Kier alpha value is -2.99. The number of ether oxygens (including phenoxy) is 2. The molecule has 1 aliphatic rings. The van der Waals surface area contributed by atoms with Gasteiger partial charge in [-0.2, -0.15) is 0 Å². The second-order valence-corrected chi connectivity index (χ2v) is 8.63. The number of nitrogens with two attached hydrogens (primary N) is 1. The maximum Gasteiger partial charge on any atom is 0.237 e. The number of hydrogen-bond donors (Lipinski definition) is 3. The van der Waals surface area contributed by atoms with Crippen LogP contribution in [-0.4, -0.2) is 81.9 Å². The van der Waals surface area contributed by atoms with Gasteiger partial charge >= 0.3 is 0 Å². The number of alkyl halides is 1. The van der Waals surface area contributed by atoms with Crippen LogP contribution in [0.15, 0.2) is 36.9 Å². The monoisotopic (exact) mass is 489 g/mol. The predicted octanol–water partition coefficient (Wildman–Crippen LogP) is 0.453. The average molecular weight is 490 g/mol. The van der Waals surface area contributed by atoms with Gasteiger partial charge in [-0.1, -0.05) is 12.1 Å². The number of carbonyl (C=O) groups is 1. The van der Waals surface area contributed by atoms with Crippen molar-refractivity contribution >= 4 is 34.5 Å². The number of halogens is 1. The van der Waals surface area contributed by atoms with Crippen LogP contribution in [-0.2, 0) is 16.0 Å². The van der Waals surface area contributed by atoms with Gasteiger partial charge in [0.25, 0.3) is 0 Å². The molecule has 34 heavy (non-hydrogen) atoms. The molecule has 1 fully saturated rings. The molecule has 4 N–H and O–H groups in total. The number of hydrogen-bond acceptors (Lipinski definition) is 9. The van der Waals surface area contributed by atoms with Crippen LogP contribution in [0.5, 0.6) is 5.75 Å². The summed E-state index contributed by atoms with van der Waals surface area (Å²) in [6.07, 6.45) is 0.702. The number of methoxy groups -OCH3 is 1. The van der Waals surface area contributed by atoms with E-state index in [9.17, 15) is 9.90 Å². The van der Waals surface area contributed by atoms with Crippen LogP contribution < -0.4 is 20.7 Å². The first-order chi connectivity index (χ1) is 16.3. The van der Waals surface area contributed by atoms with Gasteiger partial charge in [0.05, 0.1) is 37.5 Å². The largest absolute Gasteiger partial charge is 0.497 e. The summed E-state index contributed by atoms with van der Waals surface area (Å²) in [6.45, 7) is 0. The Morgan fingerprint density at radius 3 is 2.71 bits per heavy atom. The number of aliphatic hydroxyl groups is 1. The van der Waals surface area contributed by atoms with Crippen molar-refractivity contribution in [3.05, 3.63) is 42.5 Å². The van der Waals surface area contributed by atoms with E-state index in [1.54, 1.807) is 11.7 Å². The standard InChI is InChI=1S/C22H28ClN7O4/c1-29(2)19-17-20(26-10-25-19)30(11-27-17)22-18(31)16(15(9-23)34-22)28-21(32)14(24)8-12-4-6-13(33-3)7-5-12/h4-7,10-11,14-16,18,22,31H,8-9,24H2,1-3H3,(H,28,32)/t14-,15+,16+,18+,22+/m0/s1. The summed E-state index contributed by atoms with van der Waals surface area (Å²) in [7, 11) is 5.29. The molecular weight excluding hydrogens is 462 g/mol. The summed E-state index contributed by atoms with van der Waals surface area (Å²) in [5, 5.41) is 13.9. The minimum Gasteiger partial charge on any atom is -0.497 e. The number of anilines is 1. The Morgan fingerprint density at radius 1 is 1.32 bits per heavy atom. The summed E-state index contributed by atoms with van der Waals surface area (Å²) >= 11 is 6.11. The number of nitrogens with zero attached hydrogens (tertiary/aromatic N) is 5. The third-order valence-corrected chi connectivity index (χ3v) is 6.13. The molecule has 0 aliphatic carbocycles. The molecule has 1 aromatic carbocycles. The molecule has 1 saturated heterocycles. The molecule has 5 atom stereocenters. The number of nitrogens with one attached hydrogen (secondary N) is 1. The molecule has 1 amide bonds. The van der Waals surface area contributed by atoms with Crippen molar-refractivity contribution in [1.82, 2.24) is 24.8 Å². The highest BCUT2D eigenvalue weighted by Gasteiger charge is 2.46. The van der Waals surface area contributed by atoms with E-state index in [0.717, 1.165) is 11.3 Å². The number of amides is 1. The molecule has 11 nitrogen and oxygen atoms in total. The Balaban J connectivity index is 1.49. The second kappa shape index (κ2) is 10.1. The quantitative estimate of drug-likeness (QED) is 0.384. The van der Waals surface area contributed by atoms with Gasteiger partial charge in [-0.25, -0.2) is 15.0 Å². The van der Waals surface area contributed by atoms with Gasteiger partial charge in [0, 0.05) is 14.1 Å². The van der Waals surface area contributed by atoms with Crippen molar-refractivity contribution in [2.24, 2.45) is 5.73 Å². The first kappa shape index (κ1) is 24.1. The summed E-state index contributed by atoms with van der Waals surface area (Å²) in [5.41, 5.74) is 8.10. The zero-order chi connectivity index (χ0) is 24.4. The fourth-order valence-corrected chi connectivity index (χ4v) is 4.28. The predicted molar refractivity (Wildman–Crippen MR) is 127 cm³/mol. The molecule has 12 heteroatoms. The summed E-state index contributed by atoms with van der Waals surface area (Å²) in [5.74, 6) is 1.02. The molecule has 182 valence electrons. The molecule has 2 aromatic heterocycles. The van der Waals surface area contributed by atoms with Crippen LogP contribution in [0, 0.1) is 0 Å². The van der Waals surface area contributed by atoms with Gasteiger partial charge < -0.3 is 30.5 Å². The summed E-state index contributed by atoms with van der Waals surface area (Å²) < 4.78 is 12.8. The van der Waals surface area contributed by atoms with Crippen molar-refractivity contribution in [2.45, 2.75) is 36.9 Å². The van der Waals surface area contributed by atoms with Crippen LogP contribution in [0.4, 0.5) is 5.82 Å². The molecule has 0 unspecified atom stereocenters. The van der Waals surface area contributed by atoms with Crippen LogP contribution in [0.1, 0.15) is 11.8 Å². The second-order valence-electron chi connectivity index (χ2n) is 8.32. The van der Waals surface area contributed by atoms with Gasteiger partial charge in [-0.15, -0.1) is 11.6 Å². The lowest BCUT2D eigenvalue weighted by atomic mass is 10.0. The SMILES string of the molecule is COc1ccc(C[C@H](N)C(=O)N[C@H]2[C@@H](O)[C@H](n3cnc4c(N(C)C)ncnc43)O[C@@H]2CCl)cc1. The van der Waals surface area contributed by atoms with E-state index in [2.05, 4.69) is 20.3 Å². The Morgan fingerprint density at radius 2 is 2.06 bits per heavy atom. The first-order valence-corrected chi connectivity index (χ1v) is 11.3.